The predicted molar refractivity (Wildman–Crippen MR) is 109 cm³/mol. The van der Waals surface area contributed by atoms with Crippen molar-refractivity contribution in [2.24, 2.45) is 0 Å². The van der Waals surface area contributed by atoms with Crippen LogP contribution in [0.25, 0.3) is 0 Å². The van der Waals surface area contributed by atoms with Crippen molar-refractivity contribution in [3.63, 3.8) is 0 Å². The molecule has 0 saturated heterocycles. The Morgan fingerprint density at radius 3 is 1.28 bits per heavy atom. The first kappa shape index (κ1) is 34.0. The summed E-state index contributed by atoms with van der Waals surface area (Å²) < 4.78 is 0. The van der Waals surface area contributed by atoms with E-state index in [0.717, 1.165) is 12.1 Å². The smallest absolute Gasteiger partial charge is 0.155 e. The minimum absolute atomic E-state index is 0. The molecular weight excluding hydrogens is 554 g/mol. The molecule has 0 fully saturated rings. The van der Waals surface area contributed by atoms with Crippen LogP contribution in [-0.4, -0.2) is 38.3 Å². The summed E-state index contributed by atoms with van der Waals surface area (Å²) >= 11 is 0. The molecule has 0 bridgehead atoms. The molecule has 0 aliphatic carbocycles. The van der Waals surface area contributed by atoms with Gasteiger partial charge in [0.1, 0.15) is 0 Å². The summed E-state index contributed by atoms with van der Waals surface area (Å²) in [5.41, 5.74) is 1.07. The van der Waals surface area contributed by atoms with Gasteiger partial charge >= 0.3 is 0 Å². The SMILES string of the molecule is CC(=O)/C=C(/C)O.CC(=O)/C=C(/C)O.CC(=O)[CH-]C(C)=O.Cc1ccccn1.[Ir]. The van der Waals surface area contributed by atoms with E-state index in [2.05, 4.69) is 4.98 Å². The maximum absolute atomic E-state index is 10.0. The first-order valence-electron chi connectivity index (χ1n) is 8.27. The Kier molecular flexibility index (Phi) is 25.5. The van der Waals surface area contributed by atoms with Gasteiger partial charge in [-0.25, -0.2) is 0 Å². The van der Waals surface area contributed by atoms with E-state index in [4.69, 9.17) is 10.2 Å². The van der Waals surface area contributed by atoms with Crippen LogP contribution >= 0.6 is 0 Å². The molecule has 0 aliphatic rings. The normalized spacial score (nSPS) is 9.48. The van der Waals surface area contributed by atoms with E-state index in [1.807, 2.05) is 25.1 Å². The van der Waals surface area contributed by atoms with E-state index in [1.54, 1.807) is 6.20 Å². The summed E-state index contributed by atoms with van der Waals surface area (Å²) in [5, 5.41) is 16.7. The van der Waals surface area contributed by atoms with Crippen molar-refractivity contribution < 1.29 is 49.5 Å². The van der Waals surface area contributed by atoms with Crippen LogP contribution in [0.15, 0.2) is 48.1 Å². The number of aromatic nitrogens is 1. The Balaban J connectivity index is -0.000000142. The van der Waals surface area contributed by atoms with Crippen LogP contribution in [-0.2, 0) is 39.3 Å². The molecule has 0 aromatic carbocycles. The van der Waals surface area contributed by atoms with E-state index in [-0.39, 0.29) is 54.8 Å². The van der Waals surface area contributed by atoms with Crippen molar-refractivity contribution in [1.29, 1.82) is 0 Å². The number of carbonyl (C=O) groups excluding carboxylic acids is 4. The number of aryl methyl sites for hydroxylation is 1. The van der Waals surface area contributed by atoms with Gasteiger partial charge in [-0.05, 0) is 60.6 Å². The number of aliphatic hydroxyl groups is 2. The quantitative estimate of drug-likeness (QED) is 0.239. The van der Waals surface area contributed by atoms with E-state index < -0.39 is 0 Å². The van der Waals surface area contributed by atoms with E-state index in [9.17, 15) is 19.2 Å². The van der Waals surface area contributed by atoms with Crippen LogP contribution in [0.2, 0.25) is 0 Å². The number of rotatable bonds is 4. The minimum atomic E-state index is -0.187. The third kappa shape index (κ3) is 46.0. The molecule has 1 heterocycles. The number of pyridine rings is 1. The number of ketones is 4. The largest absolute Gasteiger partial charge is 0.512 e. The Hall–Kier alpha value is -2.57. The van der Waals surface area contributed by atoms with Crippen LogP contribution in [0.4, 0.5) is 0 Å². The molecule has 0 spiro atoms. The van der Waals surface area contributed by atoms with Gasteiger partial charge in [-0.1, -0.05) is 6.07 Å². The summed E-state index contributed by atoms with van der Waals surface area (Å²) in [4.78, 5) is 44.0. The molecule has 2 N–H and O–H groups in total. The Morgan fingerprint density at radius 1 is 0.828 bits per heavy atom. The maximum Gasteiger partial charge on any atom is 0.155 e. The fourth-order valence-corrected chi connectivity index (χ4v) is 1.32. The van der Waals surface area contributed by atoms with Gasteiger partial charge in [0, 0.05) is 55.7 Å². The standard InChI is InChI=1S/C6H7N.2C5H8O2.C5H7O2.Ir/c1-6-4-2-3-5-7-6;3*1-4(6)3-5(2)7;/h2-5H,1H3;2*3,6H,1-2H3;3H,1-2H3;/q;;;-1;/b;2*4-3-;;. The molecule has 29 heavy (non-hydrogen) atoms. The molecule has 1 aromatic rings. The van der Waals surface area contributed by atoms with E-state index >= 15 is 0 Å². The number of Topliss-reactive ketones (excluding diaryl/α,β-unsaturated/α-hetero) is 2. The number of nitrogens with zero attached hydrogens (tertiary/aromatic N) is 1. The van der Waals surface area contributed by atoms with Crippen LogP contribution in [0.5, 0.6) is 0 Å². The summed E-state index contributed by atoms with van der Waals surface area (Å²) in [6, 6.07) is 5.86. The molecule has 0 saturated carbocycles. The second kappa shape index (κ2) is 21.7. The Morgan fingerprint density at radius 2 is 1.21 bits per heavy atom. The van der Waals surface area contributed by atoms with Crippen molar-refractivity contribution >= 4 is 23.1 Å². The summed E-state index contributed by atoms with van der Waals surface area (Å²) in [6.07, 6.45) is 5.18. The number of carbonyl (C=O) groups is 4. The Labute approximate surface area is 186 Å². The average Bonchev–Trinajstić information content (AvgIpc) is 2.45. The second-order valence-corrected chi connectivity index (χ2v) is 5.63. The van der Waals surface area contributed by atoms with Crippen LogP contribution in [0, 0.1) is 13.3 Å². The van der Waals surface area contributed by atoms with Crippen molar-refractivity contribution in [3.8, 4) is 0 Å². The van der Waals surface area contributed by atoms with Crippen molar-refractivity contribution in [1.82, 2.24) is 4.98 Å². The third-order valence-electron chi connectivity index (χ3n) is 2.04. The molecule has 0 aliphatic heterocycles. The van der Waals surface area contributed by atoms with Gasteiger partial charge in [0.2, 0.25) is 0 Å². The van der Waals surface area contributed by atoms with E-state index in [0.29, 0.717) is 0 Å². The first-order chi connectivity index (χ1) is 12.8. The molecule has 8 heteroatoms. The molecular formula is C21H30IrNO6-. The fraction of sp³-hybridized carbons (Fsp3) is 0.333. The van der Waals surface area contributed by atoms with Gasteiger partial charge in [-0.2, -0.15) is 0 Å². The Bertz CT molecular complexity index is 634. The minimum Gasteiger partial charge on any atom is -0.512 e. The van der Waals surface area contributed by atoms with Crippen molar-refractivity contribution in [2.75, 3.05) is 0 Å². The van der Waals surface area contributed by atoms with Gasteiger partial charge in [0.15, 0.2) is 11.6 Å². The zero-order chi connectivity index (χ0) is 22.7. The molecule has 1 aromatic heterocycles. The molecule has 0 atom stereocenters. The number of aliphatic hydroxyl groups excluding tert-OH is 2. The number of hydrogen-bond acceptors (Lipinski definition) is 7. The summed E-state index contributed by atoms with van der Waals surface area (Å²) in [6.45, 7) is 10.4. The topological polar surface area (TPSA) is 122 Å². The molecule has 1 rings (SSSR count). The first-order valence-corrected chi connectivity index (χ1v) is 8.27. The van der Waals surface area contributed by atoms with Crippen LogP contribution in [0.3, 0.4) is 0 Å². The van der Waals surface area contributed by atoms with E-state index in [1.165, 1.54) is 53.7 Å². The molecule has 7 nitrogen and oxygen atoms in total. The maximum atomic E-state index is 10.0. The van der Waals surface area contributed by atoms with Gasteiger partial charge in [0.25, 0.3) is 0 Å². The molecule has 0 amide bonds. The predicted octanol–water partition coefficient (Wildman–Crippen LogP) is 3.83. The zero-order valence-corrected chi connectivity index (χ0v) is 20.2. The van der Waals surface area contributed by atoms with Crippen LogP contribution < -0.4 is 0 Å². The van der Waals surface area contributed by atoms with Crippen LogP contribution in [0.1, 0.15) is 47.2 Å². The summed E-state index contributed by atoms with van der Waals surface area (Å²) in [5.74, 6) is -0.500. The molecule has 0 unspecified atom stereocenters. The van der Waals surface area contributed by atoms with Gasteiger partial charge in [0.05, 0.1) is 11.5 Å². The van der Waals surface area contributed by atoms with Gasteiger partial charge in [-0.3, -0.25) is 21.0 Å². The number of allylic oxidation sites excluding steroid dienone is 4. The third-order valence-corrected chi connectivity index (χ3v) is 2.04. The fourth-order valence-electron chi connectivity index (χ4n) is 1.32. The van der Waals surface area contributed by atoms with Gasteiger partial charge in [-0.15, -0.1) is 0 Å². The monoisotopic (exact) mass is 585 g/mol. The second-order valence-electron chi connectivity index (χ2n) is 5.63. The zero-order valence-electron chi connectivity index (χ0n) is 17.8. The average molecular weight is 585 g/mol. The van der Waals surface area contributed by atoms with Crippen molar-refractivity contribution in [2.45, 2.75) is 48.5 Å². The van der Waals surface area contributed by atoms with Gasteiger partial charge < -0.3 is 19.8 Å². The molecule has 165 valence electrons. The molecule has 1 radical (unpaired) electrons. The van der Waals surface area contributed by atoms with Crippen molar-refractivity contribution in [3.05, 3.63) is 60.2 Å². The summed E-state index contributed by atoms with van der Waals surface area (Å²) in [7, 11) is 0. The number of hydrogen-bond donors (Lipinski definition) is 2.